The van der Waals surface area contributed by atoms with Crippen molar-refractivity contribution in [1.82, 2.24) is 4.90 Å². The van der Waals surface area contributed by atoms with E-state index in [0.717, 1.165) is 25.3 Å². The summed E-state index contributed by atoms with van der Waals surface area (Å²) < 4.78 is 5.56. The zero-order chi connectivity index (χ0) is 13.8. The summed E-state index contributed by atoms with van der Waals surface area (Å²) in [6, 6.07) is 5.88. The molecule has 104 valence electrons. The highest BCUT2D eigenvalue weighted by Gasteiger charge is 2.25. The molecule has 0 saturated carbocycles. The van der Waals surface area contributed by atoms with E-state index >= 15 is 0 Å². The first kappa shape index (κ1) is 13.9. The van der Waals surface area contributed by atoms with Crippen LogP contribution in [0.5, 0.6) is 5.75 Å². The molecular formula is C15H22N2O2. The number of aryl methyl sites for hydroxylation is 2. The summed E-state index contributed by atoms with van der Waals surface area (Å²) in [4.78, 5) is 13.8. The van der Waals surface area contributed by atoms with E-state index in [1.54, 1.807) is 0 Å². The van der Waals surface area contributed by atoms with Crippen LogP contribution in [0, 0.1) is 19.8 Å². The minimum absolute atomic E-state index is 0.0502. The van der Waals surface area contributed by atoms with Gasteiger partial charge in [-0.3, -0.25) is 4.79 Å². The first-order valence-electron chi connectivity index (χ1n) is 6.78. The van der Waals surface area contributed by atoms with E-state index in [2.05, 4.69) is 6.92 Å². The molecule has 0 radical (unpaired) electrons. The molecule has 1 amide bonds. The number of carbonyl (C=O) groups excluding carboxylic acids is 1. The molecule has 19 heavy (non-hydrogen) atoms. The van der Waals surface area contributed by atoms with E-state index in [0.29, 0.717) is 12.5 Å². The van der Waals surface area contributed by atoms with Gasteiger partial charge in [-0.05, 0) is 56.0 Å². The van der Waals surface area contributed by atoms with Gasteiger partial charge in [-0.25, -0.2) is 0 Å². The molecule has 4 nitrogen and oxygen atoms in total. The second-order valence-corrected chi connectivity index (χ2v) is 5.26. The van der Waals surface area contributed by atoms with E-state index in [-0.39, 0.29) is 12.5 Å². The molecule has 1 aromatic carbocycles. The quantitative estimate of drug-likeness (QED) is 0.894. The molecule has 1 saturated heterocycles. The lowest BCUT2D eigenvalue weighted by atomic mass is 10.1. The number of nitrogens with zero attached hydrogens (tertiary/aromatic N) is 1. The first-order valence-corrected chi connectivity index (χ1v) is 6.78. The average molecular weight is 262 g/mol. The third-order valence-corrected chi connectivity index (χ3v) is 3.81. The maximum absolute atomic E-state index is 12.0. The number of ether oxygens (including phenoxy) is 1. The van der Waals surface area contributed by atoms with Crippen molar-refractivity contribution in [2.75, 3.05) is 26.2 Å². The van der Waals surface area contributed by atoms with Crippen LogP contribution in [0.4, 0.5) is 0 Å². The summed E-state index contributed by atoms with van der Waals surface area (Å²) >= 11 is 0. The molecular weight excluding hydrogens is 240 g/mol. The Morgan fingerprint density at radius 2 is 2.21 bits per heavy atom. The molecule has 0 spiro atoms. The van der Waals surface area contributed by atoms with E-state index < -0.39 is 0 Å². The van der Waals surface area contributed by atoms with Gasteiger partial charge in [0, 0.05) is 13.1 Å². The zero-order valence-electron chi connectivity index (χ0n) is 11.7. The Kier molecular flexibility index (Phi) is 4.43. The molecule has 1 fully saturated rings. The van der Waals surface area contributed by atoms with Gasteiger partial charge in [0.05, 0.1) is 0 Å². The van der Waals surface area contributed by atoms with Gasteiger partial charge in [0.15, 0.2) is 6.61 Å². The monoisotopic (exact) mass is 262 g/mol. The second-order valence-electron chi connectivity index (χ2n) is 5.26. The summed E-state index contributed by atoms with van der Waals surface area (Å²) in [5.41, 5.74) is 8.02. The summed E-state index contributed by atoms with van der Waals surface area (Å²) in [6.07, 6.45) is 1.01. The molecule has 0 unspecified atom stereocenters. The number of benzene rings is 1. The summed E-state index contributed by atoms with van der Waals surface area (Å²) in [5, 5.41) is 0. The standard InChI is InChI=1S/C15H22N2O2/c1-11-3-4-14(7-12(11)2)19-10-15(18)17-6-5-13(8-16)9-17/h3-4,7,13H,5-6,8-10,16H2,1-2H3/t13-/m0/s1. The van der Waals surface area contributed by atoms with Gasteiger partial charge < -0.3 is 15.4 Å². The van der Waals surface area contributed by atoms with E-state index in [4.69, 9.17) is 10.5 Å². The lowest BCUT2D eigenvalue weighted by molar-refractivity contribution is -0.132. The molecule has 1 heterocycles. The number of hydrogen-bond donors (Lipinski definition) is 1. The van der Waals surface area contributed by atoms with Crippen LogP contribution < -0.4 is 10.5 Å². The van der Waals surface area contributed by atoms with Crippen molar-refractivity contribution in [1.29, 1.82) is 0 Å². The van der Waals surface area contributed by atoms with E-state index in [9.17, 15) is 4.79 Å². The normalized spacial score (nSPS) is 18.7. The number of rotatable bonds is 4. The van der Waals surface area contributed by atoms with Crippen molar-refractivity contribution in [3.8, 4) is 5.75 Å². The summed E-state index contributed by atoms with van der Waals surface area (Å²) in [5.74, 6) is 1.26. The van der Waals surface area contributed by atoms with Gasteiger partial charge in [0.1, 0.15) is 5.75 Å². The summed E-state index contributed by atoms with van der Waals surface area (Å²) in [6.45, 7) is 6.43. The van der Waals surface area contributed by atoms with Crippen LogP contribution in [0.15, 0.2) is 18.2 Å². The number of carbonyl (C=O) groups is 1. The average Bonchev–Trinajstić information content (AvgIpc) is 2.88. The molecule has 4 heteroatoms. The van der Waals surface area contributed by atoms with Gasteiger partial charge >= 0.3 is 0 Å². The number of nitrogens with two attached hydrogens (primary N) is 1. The smallest absolute Gasteiger partial charge is 0.260 e. The minimum Gasteiger partial charge on any atom is -0.484 e. The number of amides is 1. The van der Waals surface area contributed by atoms with Gasteiger partial charge in [-0.15, -0.1) is 0 Å². The van der Waals surface area contributed by atoms with Gasteiger partial charge in [-0.1, -0.05) is 6.07 Å². The van der Waals surface area contributed by atoms with Crippen molar-refractivity contribution in [3.63, 3.8) is 0 Å². The molecule has 1 aliphatic heterocycles. The van der Waals surface area contributed by atoms with Crippen LogP contribution in [0.25, 0.3) is 0 Å². The highest BCUT2D eigenvalue weighted by Crippen LogP contribution is 2.18. The minimum atomic E-state index is 0.0502. The number of hydrogen-bond acceptors (Lipinski definition) is 3. The molecule has 0 aliphatic carbocycles. The molecule has 0 aromatic heterocycles. The topological polar surface area (TPSA) is 55.6 Å². The Labute approximate surface area is 114 Å². The Hall–Kier alpha value is -1.55. The van der Waals surface area contributed by atoms with Crippen LogP contribution in [0.1, 0.15) is 17.5 Å². The Bertz CT molecular complexity index is 459. The SMILES string of the molecule is Cc1ccc(OCC(=O)N2CC[C@@H](CN)C2)cc1C. The van der Waals surface area contributed by atoms with Gasteiger partial charge in [0.25, 0.3) is 5.91 Å². The molecule has 0 bridgehead atoms. The highest BCUT2D eigenvalue weighted by atomic mass is 16.5. The Balaban J connectivity index is 1.85. The molecule has 1 aliphatic rings. The maximum Gasteiger partial charge on any atom is 0.260 e. The van der Waals surface area contributed by atoms with E-state index in [1.807, 2.05) is 30.0 Å². The fourth-order valence-corrected chi connectivity index (χ4v) is 2.29. The fourth-order valence-electron chi connectivity index (χ4n) is 2.29. The third kappa shape index (κ3) is 3.47. The predicted octanol–water partition coefficient (Wildman–Crippen LogP) is 1.49. The van der Waals surface area contributed by atoms with Crippen LogP contribution >= 0.6 is 0 Å². The second kappa shape index (κ2) is 6.06. The maximum atomic E-state index is 12.0. The molecule has 1 atom stereocenters. The van der Waals surface area contributed by atoms with E-state index in [1.165, 1.54) is 11.1 Å². The third-order valence-electron chi connectivity index (χ3n) is 3.81. The van der Waals surface area contributed by atoms with Crippen LogP contribution in [-0.2, 0) is 4.79 Å². The zero-order valence-corrected chi connectivity index (χ0v) is 11.7. The van der Waals surface area contributed by atoms with Crippen LogP contribution in [0.3, 0.4) is 0 Å². The van der Waals surface area contributed by atoms with Crippen LogP contribution in [-0.4, -0.2) is 37.0 Å². The predicted molar refractivity (Wildman–Crippen MR) is 75.2 cm³/mol. The molecule has 2 N–H and O–H groups in total. The molecule has 2 rings (SSSR count). The summed E-state index contributed by atoms with van der Waals surface area (Å²) in [7, 11) is 0. The Morgan fingerprint density at radius 1 is 1.42 bits per heavy atom. The number of likely N-dealkylation sites (tertiary alicyclic amines) is 1. The van der Waals surface area contributed by atoms with Crippen molar-refractivity contribution in [3.05, 3.63) is 29.3 Å². The molecule has 1 aromatic rings. The Morgan fingerprint density at radius 3 is 2.84 bits per heavy atom. The van der Waals surface area contributed by atoms with Crippen molar-refractivity contribution >= 4 is 5.91 Å². The lowest BCUT2D eigenvalue weighted by Crippen LogP contribution is -2.33. The van der Waals surface area contributed by atoms with Crippen molar-refractivity contribution in [2.24, 2.45) is 11.7 Å². The van der Waals surface area contributed by atoms with Crippen LogP contribution in [0.2, 0.25) is 0 Å². The first-order chi connectivity index (χ1) is 9.10. The van der Waals surface area contributed by atoms with Crippen molar-refractivity contribution in [2.45, 2.75) is 20.3 Å². The van der Waals surface area contributed by atoms with Crippen molar-refractivity contribution < 1.29 is 9.53 Å². The van der Waals surface area contributed by atoms with Gasteiger partial charge in [0.2, 0.25) is 0 Å². The van der Waals surface area contributed by atoms with Gasteiger partial charge in [-0.2, -0.15) is 0 Å². The highest BCUT2D eigenvalue weighted by molar-refractivity contribution is 5.78. The largest absolute Gasteiger partial charge is 0.484 e. The fraction of sp³-hybridized carbons (Fsp3) is 0.533. The lowest BCUT2D eigenvalue weighted by Gasteiger charge is -2.16.